The van der Waals surface area contributed by atoms with Crippen molar-refractivity contribution in [3.05, 3.63) is 72.8 Å². The third kappa shape index (κ3) is 5.68. The monoisotopic (exact) mass is 352 g/mol. The van der Waals surface area contributed by atoms with Gasteiger partial charge in [0.2, 0.25) is 6.29 Å². The molecule has 0 amide bonds. The molecule has 0 aliphatic carbocycles. The second kappa shape index (κ2) is 8.73. The Kier molecular flexibility index (Phi) is 6.41. The number of aliphatic hydroxyl groups excluding tert-OH is 1. The van der Waals surface area contributed by atoms with Gasteiger partial charge in [0.05, 0.1) is 11.4 Å². The van der Waals surface area contributed by atoms with Gasteiger partial charge in [-0.1, -0.05) is 13.2 Å². The van der Waals surface area contributed by atoms with Crippen LogP contribution in [0.2, 0.25) is 0 Å². The van der Waals surface area contributed by atoms with Crippen molar-refractivity contribution in [2.75, 3.05) is 0 Å². The molecule has 0 radical (unpaired) electrons. The SMILES string of the molecule is C=C(C)C(=O)Oc1ccc(N=Nc2ccc(OC(O)C(=C)C)cc2)cc1. The van der Waals surface area contributed by atoms with E-state index in [0.29, 0.717) is 34.0 Å². The third-order valence-corrected chi connectivity index (χ3v) is 3.18. The van der Waals surface area contributed by atoms with Crippen molar-refractivity contribution in [3.63, 3.8) is 0 Å². The van der Waals surface area contributed by atoms with Crippen LogP contribution in [0.25, 0.3) is 0 Å². The lowest BCUT2D eigenvalue weighted by Gasteiger charge is -2.12. The molecule has 1 unspecified atom stereocenters. The number of esters is 1. The maximum atomic E-state index is 11.4. The van der Waals surface area contributed by atoms with E-state index >= 15 is 0 Å². The van der Waals surface area contributed by atoms with Gasteiger partial charge in [-0.2, -0.15) is 10.2 Å². The maximum absolute atomic E-state index is 11.4. The number of carbonyl (C=O) groups excluding carboxylic acids is 1. The van der Waals surface area contributed by atoms with Crippen molar-refractivity contribution >= 4 is 17.3 Å². The molecule has 2 aromatic carbocycles. The highest BCUT2D eigenvalue weighted by Crippen LogP contribution is 2.24. The molecule has 0 aliphatic heterocycles. The number of ether oxygens (including phenoxy) is 2. The fourth-order valence-corrected chi connectivity index (χ4v) is 1.71. The summed E-state index contributed by atoms with van der Waals surface area (Å²) in [7, 11) is 0. The zero-order chi connectivity index (χ0) is 19.1. The van der Waals surface area contributed by atoms with E-state index in [-0.39, 0.29) is 0 Å². The van der Waals surface area contributed by atoms with Crippen LogP contribution in [0, 0.1) is 0 Å². The summed E-state index contributed by atoms with van der Waals surface area (Å²) in [4.78, 5) is 11.4. The predicted octanol–water partition coefficient (Wildman–Crippen LogP) is 4.86. The zero-order valence-electron chi connectivity index (χ0n) is 14.7. The van der Waals surface area contributed by atoms with Gasteiger partial charge in [0.15, 0.2) is 0 Å². The van der Waals surface area contributed by atoms with Crippen molar-refractivity contribution in [3.8, 4) is 11.5 Å². The molecule has 6 nitrogen and oxygen atoms in total. The first-order chi connectivity index (χ1) is 12.3. The van der Waals surface area contributed by atoms with Gasteiger partial charge in [0.25, 0.3) is 0 Å². The minimum atomic E-state index is -1.04. The molecular formula is C20H20N2O4. The standard InChI is InChI=1S/C20H20N2O4/c1-13(2)19(23)25-17-9-5-15(6-10-17)21-22-16-7-11-18(12-8-16)26-20(24)14(3)4/h5-12,19,23H,1,3H2,2,4H3. The molecule has 1 N–H and O–H groups in total. The van der Waals surface area contributed by atoms with Gasteiger partial charge in [-0.25, -0.2) is 4.79 Å². The fourth-order valence-electron chi connectivity index (χ4n) is 1.71. The minimum absolute atomic E-state index is 0.331. The summed E-state index contributed by atoms with van der Waals surface area (Å²) in [6.07, 6.45) is -1.04. The average Bonchev–Trinajstić information content (AvgIpc) is 2.62. The van der Waals surface area contributed by atoms with E-state index in [1.807, 2.05) is 0 Å². The van der Waals surface area contributed by atoms with Gasteiger partial charge < -0.3 is 14.6 Å². The highest BCUT2D eigenvalue weighted by atomic mass is 16.6. The molecule has 1 atom stereocenters. The van der Waals surface area contributed by atoms with E-state index in [9.17, 15) is 9.90 Å². The Morgan fingerprint density at radius 3 is 1.81 bits per heavy atom. The highest BCUT2D eigenvalue weighted by Gasteiger charge is 2.06. The lowest BCUT2D eigenvalue weighted by Crippen LogP contribution is -2.15. The number of aliphatic hydroxyl groups is 1. The number of hydrogen-bond donors (Lipinski definition) is 1. The molecular weight excluding hydrogens is 332 g/mol. The van der Waals surface area contributed by atoms with Crippen LogP contribution in [0.4, 0.5) is 11.4 Å². The molecule has 2 aromatic rings. The molecule has 0 aromatic heterocycles. The third-order valence-electron chi connectivity index (χ3n) is 3.18. The van der Waals surface area contributed by atoms with Gasteiger partial charge in [0.1, 0.15) is 11.5 Å². The van der Waals surface area contributed by atoms with E-state index in [1.165, 1.54) is 0 Å². The molecule has 0 saturated carbocycles. The van der Waals surface area contributed by atoms with Crippen molar-refractivity contribution < 1.29 is 19.4 Å². The molecule has 26 heavy (non-hydrogen) atoms. The first-order valence-electron chi connectivity index (χ1n) is 7.85. The second-order valence-corrected chi connectivity index (χ2v) is 5.67. The molecule has 0 spiro atoms. The summed E-state index contributed by atoms with van der Waals surface area (Å²) >= 11 is 0. The Bertz CT molecular complexity index is 824. The normalized spacial score (nSPS) is 11.8. The lowest BCUT2D eigenvalue weighted by atomic mass is 10.3. The van der Waals surface area contributed by atoms with E-state index in [1.54, 1.807) is 62.4 Å². The topological polar surface area (TPSA) is 80.5 Å². The van der Waals surface area contributed by atoms with Crippen LogP contribution < -0.4 is 9.47 Å². The summed E-state index contributed by atoms with van der Waals surface area (Å²) in [6, 6.07) is 13.4. The summed E-state index contributed by atoms with van der Waals surface area (Å²) in [5, 5.41) is 17.8. The van der Waals surface area contributed by atoms with Crippen LogP contribution in [0.15, 0.2) is 83.1 Å². The van der Waals surface area contributed by atoms with E-state index < -0.39 is 12.3 Å². The molecule has 6 heteroatoms. The molecule has 0 fully saturated rings. The number of rotatable bonds is 7. The smallest absolute Gasteiger partial charge is 0.338 e. The average molecular weight is 352 g/mol. The van der Waals surface area contributed by atoms with Gasteiger partial charge in [-0.05, 0) is 68.0 Å². The van der Waals surface area contributed by atoms with Crippen LogP contribution in [0.5, 0.6) is 11.5 Å². The van der Waals surface area contributed by atoms with Crippen LogP contribution in [0.3, 0.4) is 0 Å². The summed E-state index contributed by atoms with van der Waals surface area (Å²) < 4.78 is 10.4. The van der Waals surface area contributed by atoms with E-state index in [2.05, 4.69) is 23.4 Å². The Labute approximate surface area is 152 Å². The summed E-state index contributed by atoms with van der Waals surface area (Å²) in [5.41, 5.74) is 2.08. The molecule has 2 rings (SSSR count). The Morgan fingerprint density at radius 2 is 1.38 bits per heavy atom. The van der Waals surface area contributed by atoms with Crippen LogP contribution >= 0.6 is 0 Å². The fraction of sp³-hybridized carbons (Fsp3) is 0.150. The van der Waals surface area contributed by atoms with Crippen molar-refractivity contribution in [1.29, 1.82) is 0 Å². The second-order valence-electron chi connectivity index (χ2n) is 5.67. The Balaban J connectivity index is 1.97. The number of carbonyl (C=O) groups is 1. The molecule has 0 bridgehead atoms. The van der Waals surface area contributed by atoms with Crippen molar-refractivity contribution in [2.24, 2.45) is 10.2 Å². The quantitative estimate of drug-likeness (QED) is 0.193. The van der Waals surface area contributed by atoms with Crippen LogP contribution in [-0.4, -0.2) is 17.4 Å². The summed E-state index contributed by atoms with van der Waals surface area (Å²) in [6.45, 7) is 10.4. The van der Waals surface area contributed by atoms with Crippen molar-refractivity contribution in [1.82, 2.24) is 0 Å². The number of benzene rings is 2. The maximum Gasteiger partial charge on any atom is 0.338 e. The molecule has 0 aliphatic rings. The largest absolute Gasteiger partial charge is 0.461 e. The Hall–Kier alpha value is -3.25. The van der Waals surface area contributed by atoms with Crippen LogP contribution in [-0.2, 0) is 4.79 Å². The molecule has 134 valence electrons. The van der Waals surface area contributed by atoms with Gasteiger partial charge >= 0.3 is 5.97 Å². The van der Waals surface area contributed by atoms with Crippen LogP contribution in [0.1, 0.15) is 13.8 Å². The van der Waals surface area contributed by atoms with Crippen molar-refractivity contribution in [2.45, 2.75) is 20.1 Å². The number of azo groups is 1. The van der Waals surface area contributed by atoms with E-state index in [4.69, 9.17) is 9.47 Å². The van der Waals surface area contributed by atoms with Gasteiger partial charge in [0, 0.05) is 5.57 Å². The Morgan fingerprint density at radius 1 is 0.923 bits per heavy atom. The molecule has 0 saturated heterocycles. The first-order valence-corrected chi connectivity index (χ1v) is 7.85. The number of nitrogens with zero attached hydrogens (tertiary/aromatic N) is 2. The zero-order valence-corrected chi connectivity index (χ0v) is 14.7. The lowest BCUT2D eigenvalue weighted by molar-refractivity contribution is -0.130. The molecule has 0 heterocycles. The first kappa shape index (κ1) is 19.1. The predicted molar refractivity (Wildman–Crippen MR) is 99.0 cm³/mol. The minimum Gasteiger partial charge on any atom is -0.461 e. The van der Waals surface area contributed by atoms with Gasteiger partial charge in [-0.15, -0.1) is 0 Å². The van der Waals surface area contributed by atoms with E-state index in [0.717, 1.165) is 0 Å². The highest BCUT2D eigenvalue weighted by molar-refractivity contribution is 5.88. The number of hydrogen-bond acceptors (Lipinski definition) is 6. The van der Waals surface area contributed by atoms with Gasteiger partial charge in [-0.3, -0.25) is 0 Å². The summed E-state index contributed by atoms with van der Waals surface area (Å²) in [5.74, 6) is 0.441.